The van der Waals surface area contributed by atoms with Gasteiger partial charge >= 0.3 is 6.09 Å². The molecule has 1 N–H and O–H groups in total. The van der Waals surface area contributed by atoms with Crippen LogP contribution >= 0.6 is 0 Å². The maximum atomic E-state index is 12.4. The molecule has 2 atom stereocenters. The van der Waals surface area contributed by atoms with Gasteiger partial charge in [-0.05, 0) is 37.3 Å². The van der Waals surface area contributed by atoms with Crippen molar-refractivity contribution in [2.75, 3.05) is 13.2 Å². The topological polar surface area (TPSA) is 41.6 Å². The van der Waals surface area contributed by atoms with Crippen LogP contribution in [-0.2, 0) is 17.7 Å². The van der Waals surface area contributed by atoms with E-state index in [4.69, 9.17) is 4.74 Å². The summed E-state index contributed by atoms with van der Waals surface area (Å²) in [6.07, 6.45) is 2.58. The third kappa shape index (κ3) is 5.09. The van der Waals surface area contributed by atoms with Crippen molar-refractivity contribution in [3.05, 3.63) is 71.8 Å². The van der Waals surface area contributed by atoms with E-state index in [1.807, 2.05) is 24.0 Å². The molecule has 1 aliphatic rings. The summed E-state index contributed by atoms with van der Waals surface area (Å²) in [5.41, 5.74) is 2.55. The number of benzene rings is 2. The van der Waals surface area contributed by atoms with Gasteiger partial charge in [0.2, 0.25) is 0 Å². The molecule has 1 fully saturated rings. The fraction of sp³-hybridized carbons (Fsp3) is 0.409. The van der Waals surface area contributed by atoms with Crippen LogP contribution in [-0.4, -0.2) is 36.2 Å². The normalized spacial score (nSPS) is 20.0. The molecule has 0 aliphatic carbocycles. The van der Waals surface area contributed by atoms with Crippen LogP contribution in [0.3, 0.4) is 0 Å². The van der Waals surface area contributed by atoms with E-state index in [0.29, 0.717) is 12.6 Å². The molecule has 1 heterocycles. The molecule has 0 radical (unpaired) electrons. The van der Waals surface area contributed by atoms with E-state index in [0.717, 1.165) is 32.4 Å². The number of nitrogens with one attached hydrogen (secondary N) is 1. The zero-order valence-corrected chi connectivity index (χ0v) is 15.4. The molecular formula is C22H28N2O2. The van der Waals surface area contributed by atoms with Crippen LogP contribution in [0.2, 0.25) is 0 Å². The Bertz CT molecular complexity index is 675. The molecule has 4 heteroatoms. The number of nitrogens with zero attached hydrogens (tertiary/aromatic N) is 1. The first-order valence-corrected chi connectivity index (χ1v) is 9.51. The van der Waals surface area contributed by atoms with E-state index in [9.17, 15) is 4.79 Å². The zero-order chi connectivity index (χ0) is 18.2. The largest absolute Gasteiger partial charge is 0.450 e. The molecule has 4 nitrogen and oxygen atoms in total. The number of piperidine rings is 1. The van der Waals surface area contributed by atoms with Crippen molar-refractivity contribution < 1.29 is 9.53 Å². The molecule has 2 aromatic carbocycles. The van der Waals surface area contributed by atoms with E-state index in [-0.39, 0.29) is 12.1 Å². The molecule has 2 aromatic rings. The van der Waals surface area contributed by atoms with Gasteiger partial charge in [0.1, 0.15) is 0 Å². The summed E-state index contributed by atoms with van der Waals surface area (Å²) in [5, 5.41) is 3.67. The minimum atomic E-state index is -0.185. The van der Waals surface area contributed by atoms with Crippen molar-refractivity contribution in [3.8, 4) is 0 Å². The fourth-order valence-electron chi connectivity index (χ4n) is 3.62. The average molecular weight is 352 g/mol. The molecule has 0 saturated carbocycles. The predicted molar refractivity (Wildman–Crippen MR) is 104 cm³/mol. The number of ether oxygens (including phenoxy) is 1. The zero-order valence-electron chi connectivity index (χ0n) is 15.4. The number of hydrogen-bond donors (Lipinski definition) is 1. The van der Waals surface area contributed by atoms with Crippen LogP contribution in [0.25, 0.3) is 0 Å². The van der Waals surface area contributed by atoms with Gasteiger partial charge in [0, 0.05) is 25.2 Å². The van der Waals surface area contributed by atoms with E-state index in [1.54, 1.807) is 0 Å². The lowest BCUT2D eigenvalue weighted by molar-refractivity contribution is 0.0695. The van der Waals surface area contributed by atoms with Crippen molar-refractivity contribution in [2.24, 2.45) is 0 Å². The summed E-state index contributed by atoms with van der Waals surface area (Å²) in [5.74, 6) is 0. The maximum Gasteiger partial charge on any atom is 0.410 e. The molecule has 1 saturated heterocycles. The van der Waals surface area contributed by atoms with Gasteiger partial charge in [0.15, 0.2) is 0 Å². The summed E-state index contributed by atoms with van der Waals surface area (Å²) >= 11 is 0. The van der Waals surface area contributed by atoms with Crippen LogP contribution < -0.4 is 5.32 Å². The van der Waals surface area contributed by atoms with E-state index < -0.39 is 0 Å². The highest BCUT2D eigenvalue weighted by atomic mass is 16.6. The highest BCUT2D eigenvalue weighted by molar-refractivity contribution is 5.68. The van der Waals surface area contributed by atoms with Crippen LogP contribution in [0.15, 0.2) is 60.7 Å². The minimum Gasteiger partial charge on any atom is -0.450 e. The first-order valence-electron chi connectivity index (χ1n) is 9.51. The van der Waals surface area contributed by atoms with Gasteiger partial charge < -0.3 is 15.0 Å². The first-order chi connectivity index (χ1) is 12.8. The molecule has 2 unspecified atom stereocenters. The van der Waals surface area contributed by atoms with Crippen molar-refractivity contribution in [1.82, 2.24) is 10.2 Å². The summed E-state index contributed by atoms with van der Waals surface area (Å²) in [6, 6.07) is 21.4. The van der Waals surface area contributed by atoms with Crippen molar-refractivity contribution in [2.45, 2.75) is 44.8 Å². The van der Waals surface area contributed by atoms with Gasteiger partial charge in [-0.15, -0.1) is 0 Å². The van der Waals surface area contributed by atoms with Crippen LogP contribution in [0.1, 0.15) is 30.9 Å². The second-order valence-corrected chi connectivity index (χ2v) is 6.82. The van der Waals surface area contributed by atoms with Gasteiger partial charge in [-0.3, -0.25) is 0 Å². The average Bonchev–Trinajstić information content (AvgIpc) is 2.68. The minimum absolute atomic E-state index is 0.165. The Balaban J connectivity index is 1.64. The Hall–Kier alpha value is -2.33. The molecule has 1 amide bonds. The van der Waals surface area contributed by atoms with Gasteiger partial charge in [0.05, 0.1) is 6.61 Å². The van der Waals surface area contributed by atoms with Gasteiger partial charge in [-0.1, -0.05) is 60.7 Å². The number of amides is 1. The Labute approximate surface area is 156 Å². The Morgan fingerprint density at radius 2 is 1.73 bits per heavy atom. The second kappa shape index (κ2) is 9.39. The lowest BCUT2D eigenvalue weighted by atomic mass is 9.92. The molecule has 1 aliphatic heterocycles. The molecule has 0 aromatic heterocycles. The van der Waals surface area contributed by atoms with Crippen molar-refractivity contribution in [1.29, 1.82) is 0 Å². The maximum absolute atomic E-state index is 12.4. The Kier molecular flexibility index (Phi) is 6.67. The first kappa shape index (κ1) is 18.5. The Morgan fingerprint density at radius 1 is 1.08 bits per heavy atom. The summed E-state index contributed by atoms with van der Waals surface area (Å²) in [4.78, 5) is 14.3. The molecule has 0 bridgehead atoms. The number of rotatable bonds is 6. The van der Waals surface area contributed by atoms with Crippen LogP contribution in [0.4, 0.5) is 4.79 Å². The predicted octanol–water partition coefficient (Wildman–Crippen LogP) is 4.01. The second-order valence-electron chi connectivity index (χ2n) is 6.82. The van der Waals surface area contributed by atoms with Gasteiger partial charge in [0.25, 0.3) is 0 Å². The SMILES string of the molecule is CCOC(=O)N1CCC(NCc2ccccc2)CC1Cc1ccccc1. The van der Waals surface area contributed by atoms with E-state index in [2.05, 4.69) is 53.8 Å². The molecule has 0 spiro atoms. The Morgan fingerprint density at radius 3 is 2.38 bits per heavy atom. The monoisotopic (exact) mass is 352 g/mol. The summed E-state index contributed by atoms with van der Waals surface area (Å²) < 4.78 is 5.28. The lowest BCUT2D eigenvalue weighted by Crippen LogP contribution is -2.51. The quantitative estimate of drug-likeness (QED) is 0.854. The number of hydrogen-bond acceptors (Lipinski definition) is 3. The molecule has 26 heavy (non-hydrogen) atoms. The standard InChI is InChI=1S/C22H28N2O2/c1-2-26-22(25)24-14-13-20(23-17-19-11-7-4-8-12-19)16-21(24)15-18-9-5-3-6-10-18/h3-12,20-21,23H,2,13-17H2,1H3. The smallest absolute Gasteiger partial charge is 0.410 e. The van der Waals surface area contributed by atoms with Gasteiger partial charge in [-0.25, -0.2) is 4.79 Å². The molecular weight excluding hydrogens is 324 g/mol. The van der Waals surface area contributed by atoms with Gasteiger partial charge in [-0.2, -0.15) is 0 Å². The van der Waals surface area contributed by atoms with E-state index in [1.165, 1.54) is 11.1 Å². The van der Waals surface area contributed by atoms with Crippen LogP contribution in [0.5, 0.6) is 0 Å². The molecule has 3 rings (SSSR count). The number of carbonyl (C=O) groups is 1. The highest BCUT2D eigenvalue weighted by Crippen LogP contribution is 2.22. The lowest BCUT2D eigenvalue weighted by Gasteiger charge is -2.39. The highest BCUT2D eigenvalue weighted by Gasteiger charge is 2.32. The van der Waals surface area contributed by atoms with Crippen LogP contribution in [0, 0.1) is 0 Å². The van der Waals surface area contributed by atoms with Crippen molar-refractivity contribution in [3.63, 3.8) is 0 Å². The fourth-order valence-corrected chi connectivity index (χ4v) is 3.62. The third-order valence-corrected chi connectivity index (χ3v) is 4.97. The van der Waals surface area contributed by atoms with E-state index >= 15 is 0 Å². The number of likely N-dealkylation sites (tertiary alicyclic amines) is 1. The summed E-state index contributed by atoms with van der Waals surface area (Å²) in [7, 11) is 0. The number of carbonyl (C=O) groups excluding carboxylic acids is 1. The van der Waals surface area contributed by atoms with Crippen molar-refractivity contribution >= 4 is 6.09 Å². The third-order valence-electron chi connectivity index (χ3n) is 4.97. The molecule has 138 valence electrons. The summed E-state index contributed by atoms with van der Waals surface area (Å²) in [6.45, 7) is 3.88.